The Hall–Kier alpha value is -1.16. The lowest BCUT2D eigenvalue weighted by molar-refractivity contribution is 0.164. The number of ether oxygens (including phenoxy) is 1. The molecular formula is C12H17F2NO. The second-order valence-electron chi connectivity index (χ2n) is 3.70. The van der Waals surface area contributed by atoms with Gasteiger partial charge in [-0.15, -0.1) is 0 Å². The summed E-state index contributed by atoms with van der Waals surface area (Å²) in [6.45, 7) is 3.87. The number of likely N-dealkylation sites (N-methyl/N-ethyl adjacent to an activating group) is 1. The fourth-order valence-corrected chi connectivity index (χ4v) is 1.62. The van der Waals surface area contributed by atoms with E-state index in [1.807, 2.05) is 20.9 Å². The fraction of sp³-hybridized carbons (Fsp3) is 0.500. The monoisotopic (exact) mass is 229 g/mol. The highest BCUT2D eigenvalue weighted by Gasteiger charge is 2.16. The first-order chi connectivity index (χ1) is 7.58. The Kier molecular flexibility index (Phi) is 4.68. The van der Waals surface area contributed by atoms with E-state index in [2.05, 4.69) is 5.32 Å². The Morgan fingerprint density at radius 3 is 2.56 bits per heavy atom. The summed E-state index contributed by atoms with van der Waals surface area (Å²) in [4.78, 5) is 0. The topological polar surface area (TPSA) is 21.3 Å². The van der Waals surface area contributed by atoms with Crippen LogP contribution >= 0.6 is 0 Å². The fourth-order valence-electron chi connectivity index (χ4n) is 1.62. The largest absolute Gasteiger partial charge is 0.486 e. The van der Waals surface area contributed by atoms with E-state index < -0.39 is 11.6 Å². The molecule has 2 atom stereocenters. The van der Waals surface area contributed by atoms with E-state index >= 15 is 0 Å². The molecule has 0 spiro atoms. The average molecular weight is 229 g/mol. The van der Waals surface area contributed by atoms with Crippen LogP contribution in [-0.4, -0.2) is 19.2 Å². The molecule has 1 N–H and O–H groups in total. The smallest absolute Gasteiger partial charge is 0.167 e. The van der Waals surface area contributed by atoms with Gasteiger partial charge in [0.05, 0.1) is 0 Å². The van der Waals surface area contributed by atoms with Crippen molar-refractivity contribution in [3.63, 3.8) is 0 Å². The number of hydrogen-bond donors (Lipinski definition) is 1. The molecule has 16 heavy (non-hydrogen) atoms. The van der Waals surface area contributed by atoms with Crippen molar-refractivity contribution < 1.29 is 13.5 Å². The summed E-state index contributed by atoms with van der Waals surface area (Å²) >= 11 is 0. The third kappa shape index (κ3) is 3.17. The standard InChI is InChI=1S/C12H17F2NO/c1-4-11(15-3)8(2)16-12-6-5-9(13)7-10(12)14/h5-8,11,15H,4H2,1-3H3. The van der Waals surface area contributed by atoms with Gasteiger partial charge in [0.25, 0.3) is 0 Å². The Balaban J connectivity index is 2.72. The van der Waals surface area contributed by atoms with Gasteiger partial charge in [0.1, 0.15) is 11.9 Å². The zero-order valence-corrected chi connectivity index (χ0v) is 9.76. The van der Waals surface area contributed by atoms with Gasteiger partial charge in [-0.3, -0.25) is 0 Å². The van der Waals surface area contributed by atoms with Crippen molar-refractivity contribution >= 4 is 0 Å². The van der Waals surface area contributed by atoms with Crippen LogP contribution in [0.3, 0.4) is 0 Å². The van der Waals surface area contributed by atoms with Gasteiger partial charge in [0.15, 0.2) is 11.6 Å². The van der Waals surface area contributed by atoms with Gasteiger partial charge in [0, 0.05) is 12.1 Å². The van der Waals surface area contributed by atoms with E-state index in [0.29, 0.717) is 0 Å². The summed E-state index contributed by atoms with van der Waals surface area (Å²) in [5.41, 5.74) is 0. The average Bonchev–Trinajstić information content (AvgIpc) is 2.24. The lowest BCUT2D eigenvalue weighted by Gasteiger charge is -2.23. The summed E-state index contributed by atoms with van der Waals surface area (Å²) in [6.07, 6.45) is 0.704. The van der Waals surface area contributed by atoms with Gasteiger partial charge in [0.2, 0.25) is 0 Å². The minimum Gasteiger partial charge on any atom is -0.486 e. The lowest BCUT2D eigenvalue weighted by Crippen LogP contribution is -2.38. The highest BCUT2D eigenvalue weighted by atomic mass is 19.1. The molecular weight excluding hydrogens is 212 g/mol. The van der Waals surface area contributed by atoms with Gasteiger partial charge in [-0.2, -0.15) is 0 Å². The number of hydrogen-bond acceptors (Lipinski definition) is 2. The first-order valence-corrected chi connectivity index (χ1v) is 5.37. The Labute approximate surface area is 94.6 Å². The second-order valence-corrected chi connectivity index (χ2v) is 3.70. The first-order valence-electron chi connectivity index (χ1n) is 5.37. The molecule has 0 saturated carbocycles. The maximum absolute atomic E-state index is 13.3. The van der Waals surface area contributed by atoms with Crippen LogP contribution < -0.4 is 10.1 Å². The molecule has 0 fully saturated rings. The lowest BCUT2D eigenvalue weighted by atomic mass is 10.1. The molecule has 2 nitrogen and oxygen atoms in total. The normalized spacial score (nSPS) is 14.6. The van der Waals surface area contributed by atoms with Crippen molar-refractivity contribution in [2.24, 2.45) is 0 Å². The van der Waals surface area contributed by atoms with Gasteiger partial charge in [-0.05, 0) is 32.5 Å². The predicted molar refractivity (Wildman–Crippen MR) is 59.6 cm³/mol. The summed E-state index contributed by atoms with van der Waals surface area (Å²) in [7, 11) is 1.83. The van der Waals surface area contributed by atoms with E-state index in [-0.39, 0.29) is 17.9 Å². The maximum Gasteiger partial charge on any atom is 0.167 e. The van der Waals surface area contributed by atoms with E-state index in [1.165, 1.54) is 12.1 Å². The van der Waals surface area contributed by atoms with Crippen molar-refractivity contribution in [3.8, 4) is 5.75 Å². The molecule has 1 aromatic rings. The molecule has 0 bridgehead atoms. The van der Waals surface area contributed by atoms with Crippen LogP contribution in [-0.2, 0) is 0 Å². The molecule has 0 aliphatic rings. The molecule has 4 heteroatoms. The van der Waals surface area contributed by atoms with Gasteiger partial charge in [-0.1, -0.05) is 6.92 Å². The van der Waals surface area contributed by atoms with Crippen LogP contribution in [0.2, 0.25) is 0 Å². The molecule has 2 unspecified atom stereocenters. The summed E-state index contributed by atoms with van der Waals surface area (Å²) < 4.78 is 31.4. The minimum absolute atomic E-state index is 0.0857. The number of benzene rings is 1. The van der Waals surface area contributed by atoms with Crippen LogP contribution in [0, 0.1) is 11.6 Å². The molecule has 1 aromatic carbocycles. The number of rotatable bonds is 5. The highest BCUT2D eigenvalue weighted by Crippen LogP contribution is 2.20. The molecule has 90 valence electrons. The molecule has 0 aliphatic heterocycles. The molecule has 0 radical (unpaired) electrons. The van der Waals surface area contributed by atoms with Crippen molar-refractivity contribution in [3.05, 3.63) is 29.8 Å². The second kappa shape index (κ2) is 5.80. The molecule has 0 saturated heterocycles. The molecule has 0 amide bonds. The predicted octanol–water partition coefficient (Wildman–Crippen LogP) is 2.73. The first kappa shape index (κ1) is 12.9. The zero-order valence-electron chi connectivity index (χ0n) is 9.76. The van der Waals surface area contributed by atoms with Crippen LogP contribution in [0.25, 0.3) is 0 Å². The van der Waals surface area contributed by atoms with Crippen molar-refractivity contribution in [1.82, 2.24) is 5.32 Å². The van der Waals surface area contributed by atoms with Crippen LogP contribution in [0.15, 0.2) is 18.2 Å². The third-order valence-corrected chi connectivity index (χ3v) is 2.58. The van der Waals surface area contributed by atoms with Crippen LogP contribution in [0.4, 0.5) is 8.78 Å². The van der Waals surface area contributed by atoms with Crippen molar-refractivity contribution in [2.75, 3.05) is 7.05 Å². The number of nitrogens with one attached hydrogen (secondary N) is 1. The van der Waals surface area contributed by atoms with Crippen molar-refractivity contribution in [1.29, 1.82) is 0 Å². The summed E-state index contributed by atoms with van der Waals surface area (Å²) in [5, 5.41) is 3.08. The van der Waals surface area contributed by atoms with E-state index in [0.717, 1.165) is 12.5 Å². The molecule has 1 rings (SSSR count). The SMILES string of the molecule is CCC(NC)C(C)Oc1ccc(F)cc1F. The van der Waals surface area contributed by atoms with Gasteiger partial charge in [-0.25, -0.2) is 8.78 Å². The summed E-state index contributed by atoms with van der Waals surface area (Å²) in [6, 6.07) is 3.46. The Bertz CT molecular complexity index is 340. The van der Waals surface area contributed by atoms with Gasteiger partial charge < -0.3 is 10.1 Å². The third-order valence-electron chi connectivity index (χ3n) is 2.58. The highest BCUT2D eigenvalue weighted by molar-refractivity contribution is 5.25. The van der Waals surface area contributed by atoms with Crippen molar-refractivity contribution in [2.45, 2.75) is 32.4 Å². The van der Waals surface area contributed by atoms with E-state index in [4.69, 9.17) is 4.74 Å². The van der Waals surface area contributed by atoms with Crippen LogP contribution in [0.1, 0.15) is 20.3 Å². The number of halogens is 2. The minimum atomic E-state index is -0.669. The van der Waals surface area contributed by atoms with Crippen LogP contribution in [0.5, 0.6) is 5.75 Å². The summed E-state index contributed by atoms with van der Waals surface area (Å²) in [5.74, 6) is -1.18. The molecule has 0 aliphatic carbocycles. The van der Waals surface area contributed by atoms with Gasteiger partial charge >= 0.3 is 0 Å². The molecule has 0 aromatic heterocycles. The Morgan fingerprint density at radius 1 is 1.38 bits per heavy atom. The van der Waals surface area contributed by atoms with E-state index in [9.17, 15) is 8.78 Å². The zero-order chi connectivity index (χ0) is 12.1. The quantitative estimate of drug-likeness (QED) is 0.838. The Morgan fingerprint density at radius 2 is 2.06 bits per heavy atom. The van der Waals surface area contributed by atoms with E-state index in [1.54, 1.807) is 0 Å². The molecule has 0 heterocycles. The maximum atomic E-state index is 13.3.